The van der Waals surface area contributed by atoms with Crippen LogP contribution in [-0.4, -0.2) is 46.6 Å². The summed E-state index contributed by atoms with van der Waals surface area (Å²) in [6.45, 7) is 0.314. The van der Waals surface area contributed by atoms with Crippen molar-refractivity contribution >= 4 is 29.2 Å². The summed E-state index contributed by atoms with van der Waals surface area (Å²) >= 11 is 0. The number of hydrogen-bond donors (Lipinski definition) is 3. The second kappa shape index (κ2) is 11.0. The van der Waals surface area contributed by atoms with Crippen molar-refractivity contribution in [1.29, 1.82) is 0 Å². The molecule has 11 nitrogen and oxygen atoms in total. The zero-order chi connectivity index (χ0) is 29.2. The zero-order valence-electron chi connectivity index (χ0n) is 22.6. The fourth-order valence-corrected chi connectivity index (χ4v) is 4.71. The first-order valence-corrected chi connectivity index (χ1v) is 13.1. The fraction of sp³-hybridized carbons (Fsp3) is 0.0968. The number of rotatable bonds is 8. The summed E-state index contributed by atoms with van der Waals surface area (Å²) in [5, 5.41) is 17.0. The molecule has 0 unspecified atom stereocenters. The molecule has 0 saturated heterocycles. The molecule has 11 heteroatoms. The number of aryl methyl sites for hydroxylation is 1. The molecule has 6 aromatic rings. The number of nitrogens with zero attached hydrogens (tertiary/aromatic N) is 6. The van der Waals surface area contributed by atoms with Crippen molar-refractivity contribution in [3.8, 4) is 34.1 Å². The number of anilines is 1. The molecular weight excluding hydrogens is 532 g/mol. The van der Waals surface area contributed by atoms with E-state index in [2.05, 4.69) is 15.4 Å². The number of nitrogens with one attached hydrogen (secondary N) is 1. The third kappa shape index (κ3) is 5.18. The number of fused-ring (bicyclic) bond motifs is 1. The molecule has 0 fully saturated rings. The molecule has 208 valence electrons. The van der Waals surface area contributed by atoms with Crippen LogP contribution in [0.4, 0.5) is 5.82 Å². The number of imidazole rings is 1. The molecular formula is C31H26N8O3. The zero-order valence-corrected chi connectivity index (χ0v) is 22.6. The van der Waals surface area contributed by atoms with Gasteiger partial charge in [0.05, 0.1) is 29.4 Å². The maximum absolute atomic E-state index is 12.5. The highest BCUT2D eigenvalue weighted by molar-refractivity contribution is 5.85. The molecule has 0 atom stereocenters. The average Bonchev–Trinajstić information content (AvgIpc) is 3.60. The number of phenols is 1. The fourth-order valence-electron chi connectivity index (χ4n) is 4.71. The largest absolute Gasteiger partial charge is 0.507 e. The average molecular weight is 559 g/mol. The predicted octanol–water partition coefficient (Wildman–Crippen LogP) is 3.84. The lowest BCUT2D eigenvalue weighted by Crippen LogP contribution is -2.24. The maximum atomic E-state index is 12.5. The Balaban J connectivity index is 1.29. The predicted molar refractivity (Wildman–Crippen MR) is 158 cm³/mol. The number of hydrogen-bond acceptors (Lipinski definition) is 8. The summed E-state index contributed by atoms with van der Waals surface area (Å²) in [4.78, 5) is 37.5. The van der Waals surface area contributed by atoms with Crippen molar-refractivity contribution in [1.82, 2.24) is 34.6 Å². The van der Waals surface area contributed by atoms with Gasteiger partial charge in [-0.3, -0.25) is 18.8 Å². The van der Waals surface area contributed by atoms with Crippen LogP contribution in [0.2, 0.25) is 0 Å². The number of nitrogen functional groups attached to an aromatic ring is 1. The number of benzene rings is 2. The van der Waals surface area contributed by atoms with Gasteiger partial charge in [-0.05, 0) is 59.7 Å². The molecule has 1 amide bonds. The van der Waals surface area contributed by atoms with Gasteiger partial charge in [0.25, 0.3) is 0 Å². The Kier molecular flexibility index (Phi) is 6.89. The number of phenolic OH excluding ortho intramolecular Hbond substituents is 1. The Morgan fingerprint density at radius 1 is 1.05 bits per heavy atom. The molecule has 0 aliphatic heterocycles. The Hall–Kier alpha value is -5.84. The van der Waals surface area contributed by atoms with Gasteiger partial charge in [-0.2, -0.15) is 5.10 Å². The second-order valence-corrected chi connectivity index (χ2v) is 9.78. The number of amides is 1. The topological polar surface area (TPSA) is 154 Å². The first-order chi connectivity index (χ1) is 20.4. The van der Waals surface area contributed by atoms with Crippen molar-refractivity contribution in [3.63, 3.8) is 0 Å². The second-order valence-electron chi connectivity index (χ2n) is 9.78. The van der Waals surface area contributed by atoms with E-state index < -0.39 is 0 Å². The van der Waals surface area contributed by atoms with Crippen LogP contribution in [0.25, 0.3) is 39.5 Å². The maximum Gasteiger partial charge on any atom is 0.224 e. The first kappa shape index (κ1) is 26.4. The normalized spacial score (nSPS) is 11.1. The highest BCUT2D eigenvalue weighted by Gasteiger charge is 2.19. The number of aromatic nitrogens is 6. The van der Waals surface area contributed by atoms with E-state index in [1.807, 2.05) is 66.3 Å². The standard InChI is InChI=1S/C31H26N8O3/c1-38-17-22(16-35-38)25-10-11-26-31(36-25)39(30(37-26)24-3-2-12-33-29(24)32)23-8-5-19(6-9-23)15-34-28(42)14-20-4-7-21(18-40)27(41)13-20/h2-13,16-18,41H,14-15H2,1H3,(H2,32,33)(H,34,42). The van der Waals surface area contributed by atoms with Crippen molar-refractivity contribution < 1.29 is 14.7 Å². The van der Waals surface area contributed by atoms with Crippen LogP contribution in [0.3, 0.4) is 0 Å². The van der Waals surface area contributed by atoms with Gasteiger partial charge < -0.3 is 16.2 Å². The highest BCUT2D eigenvalue weighted by atomic mass is 16.3. The minimum Gasteiger partial charge on any atom is -0.507 e. The lowest BCUT2D eigenvalue weighted by atomic mass is 10.1. The SMILES string of the molecule is Cn1cc(-c2ccc3nc(-c4cccnc4N)n(-c4ccc(CNC(=O)Cc5ccc(C=O)c(O)c5)cc4)c3n2)cn1. The summed E-state index contributed by atoms with van der Waals surface area (Å²) in [6.07, 6.45) is 5.95. The summed E-state index contributed by atoms with van der Waals surface area (Å²) in [6, 6.07) is 19.8. The van der Waals surface area contributed by atoms with Gasteiger partial charge in [0, 0.05) is 37.2 Å². The third-order valence-electron chi connectivity index (χ3n) is 6.86. The molecule has 4 N–H and O–H groups in total. The monoisotopic (exact) mass is 558 g/mol. The van der Waals surface area contributed by atoms with Crippen LogP contribution in [0.5, 0.6) is 5.75 Å². The molecule has 42 heavy (non-hydrogen) atoms. The summed E-state index contributed by atoms with van der Waals surface area (Å²) in [5.74, 6) is 0.609. The summed E-state index contributed by atoms with van der Waals surface area (Å²) in [7, 11) is 1.86. The van der Waals surface area contributed by atoms with Crippen LogP contribution in [0.1, 0.15) is 21.5 Å². The number of pyridine rings is 2. The van der Waals surface area contributed by atoms with E-state index in [4.69, 9.17) is 15.7 Å². The van der Waals surface area contributed by atoms with Crippen molar-refractivity contribution in [2.45, 2.75) is 13.0 Å². The van der Waals surface area contributed by atoms with Gasteiger partial charge in [-0.1, -0.05) is 18.2 Å². The minimum absolute atomic E-state index is 0.0760. The quantitative estimate of drug-likeness (QED) is 0.238. The minimum atomic E-state index is -0.209. The van der Waals surface area contributed by atoms with Crippen LogP contribution in [-0.2, 0) is 24.8 Å². The Morgan fingerprint density at radius 2 is 1.86 bits per heavy atom. The molecule has 4 heterocycles. The van der Waals surface area contributed by atoms with Gasteiger partial charge in [0.15, 0.2) is 17.8 Å². The van der Waals surface area contributed by atoms with E-state index in [0.29, 0.717) is 46.8 Å². The third-order valence-corrected chi connectivity index (χ3v) is 6.86. The van der Waals surface area contributed by atoms with Crippen molar-refractivity contribution in [2.75, 3.05) is 5.73 Å². The lowest BCUT2D eigenvalue weighted by molar-refractivity contribution is -0.120. The molecule has 0 radical (unpaired) electrons. The van der Waals surface area contributed by atoms with E-state index >= 15 is 0 Å². The highest BCUT2D eigenvalue weighted by Crippen LogP contribution is 2.31. The van der Waals surface area contributed by atoms with Crippen molar-refractivity contribution in [3.05, 3.63) is 102 Å². The van der Waals surface area contributed by atoms with Gasteiger partial charge in [-0.15, -0.1) is 0 Å². The van der Waals surface area contributed by atoms with E-state index in [-0.39, 0.29) is 23.6 Å². The number of carbonyl (C=O) groups excluding carboxylic acids is 2. The van der Waals surface area contributed by atoms with Crippen LogP contribution < -0.4 is 11.1 Å². The molecule has 0 aliphatic carbocycles. The van der Waals surface area contributed by atoms with E-state index in [1.165, 1.54) is 12.1 Å². The van der Waals surface area contributed by atoms with E-state index in [1.54, 1.807) is 23.1 Å². The molecule has 0 aliphatic rings. The molecule has 0 spiro atoms. The molecule has 0 saturated carbocycles. The first-order valence-electron chi connectivity index (χ1n) is 13.1. The number of aromatic hydroxyl groups is 1. The Bertz CT molecular complexity index is 1940. The molecule has 4 aromatic heterocycles. The molecule has 2 aromatic carbocycles. The Labute approximate surface area is 240 Å². The van der Waals surface area contributed by atoms with Gasteiger partial charge in [-0.25, -0.2) is 15.0 Å². The number of nitrogens with two attached hydrogens (primary N) is 1. The smallest absolute Gasteiger partial charge is 0.224 e. The van der Waals surface area contributed by atoms with Gasteiger partial charge in [0.1, 0.15) is 17.1 Å². The summed E-state index contributed by atoms with van der Waals surface area (Å²) < 4.78 is 3.67. The van der Waals surface area contributed by atoms with Crippen LogP contribution >= 0.6 is 0 Å². The van der Waals surface area contributed by atoms with E-state index in [9.17, 15) is 14.7 Å². The van der Waals surface area contributed by atoms with Gasteiger partial charge >= 0.3 is 0 Å². The van der Waals surface area contributed by atoms with Crippen molar-refractivity contribution in [2.24, 2.45) is 7.05 Å². The lowest BCUT2D eigenvalue weighted by Gasteiger charge is -2.12. The van der Waals surface area contributed by atoms with Crippen LogP contribution in [0.15, 0.2) is 85.3 Å². The number of carbonyl (C=O) groups is 2. The van der Waals surface area contributed by atoms with Crippen LogP contribution in [0, 0.1) is 0 Å². The van der Waals surface area contributed by atoms with E-state index in [0.717, 1.165) is 22.5 Å². The van der Waals surface area contributed by atoms with Gasteiger partial charge in [0.2, 0.25) is 5.91 Å². The summed E-state index contributed by atoms with van der Waals surface area (Å²) in [5.41, 5.74) is 12.4. The molecule has 6 rings (SSSR count). The number of aldehydes is 1. The Morgan fingerprint density at radius 3 is 2.57 bits per heavy atom. The molecule has 0 bridgehead atoms.